The number of carbonyl (C=O) groups is 2. The van der Waals surface area contributed by atoms with Crippen LogP contribution in [0.25, 0.3) is 0 Å². The highest BCUT2D eigenvalue weighted by Crippen LogP contribution is 2.26. The Bertz CT molecular complexity index is 688. The monoisotopic (exact) mass is 409 g/mol. The van der Waals surface area contributed by atoms with Crippen LogP contribution in [-0.2, 0) is 9.53 Å². The lowest BCUT2D eigenvalue weighted by molar-refractivity contribution is -0.126. The molecule has 1 aromatic carbocycles. The number of hydrogen-bond acceptors (Lipinski definition) is 4. The molecule has 2 amide bonds. The second kappa shape index (κ2) is 9.61. The predicted molar refractivity (Wildman–Crippen MR) is 111 cm³/mol. The first-order valence-corrected chi connectivity index (χ1v) is 10.1. The Morgan fingerprint density at radius 3 is 2.61 bits per heavy atom. The molecule has 6 nitrogen and oxygen atoms in total. The van der Waals surface area contributed by atoms with Crippen molar-refractivity contribution in [2.24, 2.45) is 5.92 Å². The number of carbonyl (C=O) groups excluding carboxylic acids is 2. The Kier molecular flexibility index (Phi) is 7.72. The van der Waals surface area contributed by atoms with E-state index in [1.165, 1.54) is 0 Å². The Balaban J connectivity index is 1.96. The van der Waals surface area contributed by atoms with Gasteiger partial charge in [0.15, 0.2) is 0 Å². The van der Waals surface area contributed by atoms with Gasteiger partial charge in [0.1, 0.15) is 5.60 Å². The molecule has 1 aliphatic heterocycles. The van der Waals surface area contributed by atoms with Crippen molar-refractivity contribution in [1.29, 1.82) is 0 Å². The molecule has 1 aromatic rings. The zero-order chi connectivity index (χ0) is 20.9. The number of rotatable bonds is 5. The fourth-order valence-corrected chi connectivity index (χ4v) is 3.60. The maximum atomic E-state index is 12.8. The first kappa shape index (κ1) is 22.5. The Hall–Kier alpha value is -1.79. The number of ether oxygens (including phenoxy) is 1. The number of piperidine rings is 1. The van der Waals surface area contributed by atoms with Crippen LogP contribution in [0.1, 0.15) is 45.2 Å². The summed E-state index contributed by atoms with van der Waals surface area (Å²) in [5.41, 5.74) is 0.439. The summed E-state index contributed by atoms with van der Waals surface area (Å²) in [5.74, 6) is -0.262. The van der Waals surface area contributed by atoms with Crippen LogP contribution in [0.3, 0.4) is 0 Å². The fraction of sp³-hybridized carbons (Fsp3) is 0.619. The van der Waals surface area contributed by atoms with E-state index < -0.39 is 5.60 Å². The molecule has 156 valence electrons. The van der Waals surface area contributed by atoms with Gasteiger partial charge >= 0.3 is 6.09 Å². The maximum absolute atomic E-state index is 12.8. The van der Waals surface area contributed by atoms with Crippen molar-refractivity contribution in [3.05, 3.63) is 34.9 Å². The summed E-state index contributed by atoms with van der Waals surface area (Å²) in [6.07, 6.45) is 1.20. The molecule has 1 heterocycles. The van der Waals surface area contributed by atoms with Gasteiger partial charge < -0.3 is 19.9 Å². The lowest BCUT2D eigenvalue weighted by atomic mass is 9.97. The smallest absolute Gasteiger partial charge is 0.410 e. The van der Waals surface area contributed by atoms with E-state index >= 15 is 0 Å². The van der Waals surface area contributed by atoms with E-state index in [-0.39, 0.29) is 24.0 Å². The van der Waals surface area contributed by atoms with Crippen molar-refractivity contribution in [3.63, 3.8) is 0 Å². The first-order chi connectivity index (χ1) is 13.1. The maximum Gasteiger partial charge on any atom is 0.410 e. The molecule has 0 radical (unpaired) electrons. The molecular weight excluding hydrogens is 378 g/mol. The third-order valence-corrected chi connectivity index (χ3v) is 5.15. The fourth-order valence-electron chi connectivity index (χ4n) is 3.34. The lowest BCUT2D eigenvalue weighted by Gasteiger charge is -2.34. The Labute approximate surface area is 173 Å². The van der Waals surface area contributed by atoms with Crippen LogP contribution < -0.4 is 5.32 Å². The number of nitrogens with one attached hydrogen (secondary N) is 1. The molecule has 0 spiro atoms. The number of amides is 2. The van der Waals surface area contributed by atoms with Gasteiger partial charge in [-0.05, 0) is 59.3 Å². The van der Waals surface area contributed by atoms with E-state index in [0.29, 0.717) is 24.7 Å². The molecule has 0 aliphatic carbocycles. The third kappa shape index (κ3) is 6.38. The summed E-state index contributed by atoms with van der Waals surface area (Å²) in [6.45, 7) is 7.00. The third-order valence-electron chi connectivity index (χ3n) is 4.80. The van der Waals surface area contributed by atoms with E-state index in [4.69, 9.17) is 16.3 Å². The molecule has 0 aromatic heterocycles. The SMILES string of the molecule is CN(C)C(CNC(=O)C1CCCN(C(=O)OC(C)(C)C)C1)c1ccccc1Cl. The van der Waals surface area contributed by atoms with Gasteiger partial charge in [0.25, 0.3) is 0 Å². The van der Waals surface area contributed by atoms with Gasteiger partial charge in [-0.2, -0.15) is 0 Å². The molecule has 7 heteroatoms. The van der Waals surface area contributed by atoms with Crippen LogP contribution in [0.4, 0.5) is 4.79 Å². The summed E-state index contributed by atoms with van der Waals surface area (Å²) in [6, 6.07) is 7.64. The van der Waals surface area contributed by atoms with Gasteiger partial charge in [-0.1, -0.05) is 29.8 Å². The standard InChI is InChI=1S/C21H32ClN3O3/c1-21(2,3)28-20(27)25-12-8-9-15(14-25)19(26)23-13-18(24(4)5)16-10-6-7-11-17(16)22/h6-7,10-11,15,18H,8-9,12-14H2,1-5H3,(H,23,26). The number of nitrogens with zero attached hydrogens (tertiary/aromatic N) is 2. The molecular formula is C21H32ClN3O3. The van der Waals surface area contributed by atoms with Crippen LogP contribution in [-0.4, -0.2) is 61.1 Å². The minimum atomic E-state index is -0.541. The van der Waals surface area contributed by atoms with Crippen molar-refractivity contribution in [3.8, 4) is 0 Å². The van der Waals surface area contributed by atoms with Crippen LogP contribution in [0.5, 0.6) is 0 Å². The lowest BCUT2D eigenvalue weighted by Crippen LogP contribution is -2.47. The topological polar surface area (TPSA) is 61.9 Å². The Morgan fingerprint density at radius 1 is 1.32 bits per heavy atom. The van der Waals surface area contributed by atoms with Crippen molar-refractivity contribution < 1.29 is 14.3 Å². The predicted octanol–water partition coefficient (Wildman–Crippen LogP) is 3.71. The largest absolute Gasteiger partial charge is 0.444 e. The zero-order valence-corrected chi connectivity index (χ0v) is 18.3. The van der Waals surface area contributed by atoms with Crippen molar-refractivity contribution in [2.75, 3.05) is 33.7 Å². The highest BCUT2D eigenvalue weighted by molar-refractivity contribution is 6.31. The highest BCUT2D eigenvalue weighted by Gasteiger charge is 2.31. The number of hydrogen-bond donors (Lipinski definition) is 1. The van der Waals surface area contributed by atoms with Crippen molar-refractivity contribution >= 4 is 23.6 Å². The van der Waals surface area contributed by atoms with Crippen LogP contribution in [0.2, 0.25) is 5.02 Å². The molecule has 2 atom stereocenters. The number of halogens is 1. The van der Waals surface area contributed by atoms with Gasteiger partial charge in [0.2, 0.25) is 5.91 Å². The highest BCUT2D eigenvalue weighted by atomic mass is 35.5. The molecule has 1 saturated heterocycles. The molecule has 28 heavy (non-hydrogen) atoms. The second-order valence-electron chi connectivity index (χ2n) is 8.51. The molecule has 2 rings (SSSR count). The summed E-state index contributed by atoms with van der Waals surface area (Å²) in [4.78, 5) is 28.7. The van der Waals surface area contributed by atoms with Gasteiger partial charge in [-0.15, -0.1) is 0 Å². The number of likely N-dealkylation sites (N-methyl/N-ethyl adjacent to an activating group) is 1. The summed E-state index contributed by atoms with van der Waals surface area (Å²) in [7, 11) is 3.93. The summed E-state index contributed by atoms with van der Waals surface area (Å²) >= 11 is 6.34. The zero-order valence-electron chi connectivity index (χ0n) is 17.5. The first-order valence-electron chi connectivity index (χ1n) is 9.75. The van der Waals surface area contributed by atoms with Gasteiger partial charge in [0.05, 0.1) is 12.0 Å². The average molecular weight is 410 g/mol. The normalized spacial score (nSPS) is 18.7. The van der Waals surface area contributed by atoms with Crippen LogP contribution in [0.15, 0.2) is 24.3 Å². The van der Waals surface area contributed by atoms with E-state index in [1.54, 1.807) is 4.90 Å². The molecule has 0 bridgehead atoms. The van der Waals surface area contributed by atoms with Crippen LogP contribution >= 0.6 is 11.6 Å². The average Bonchev–Trinajstić information content (AvgIpc) is 2.61. The van der Waals surface area contributed by atoms with E-state index in [1.807, 2.05) is 64.0 Å². The summed E-state index contributed by atoms with van der Waals surface area (Å²) in [5, 5.41) is 3.73. The molecule has 1 fully saturated rings. The number of likely N-dealkylation sites (tertiary alicyclic amines) is 1. The molecule has 1 aliphatic rings. The van der Waals surface area contributed by atoms with E-state index in [0.717, 1.165) is 18.4 Å². The van der Waals surface area contributed by atoms with E-state index in [9.17, 15) is 9.59 Å². The van der Waals surface area contributed by atoms with Crippen LogP contribution in [0, 0.1) is 5.92 Å². The van der Waals surface area contributed by atoms with Gasteiger partial charge in [-0.25, -0.2) is 4.79 Å². The quantitative estimate of drug-likeness (QED) is 0.805. The van der Waals surface area contributed by atoms with Crippen molar-refractivity contribution in [2.45, 2.75) is 45.3 Å². The van der Waals surface area contributed by atoms with Gasteiger partial charge in [0, 0.05) is 24.7 Å². The minimum Gasteiger partial charge on any atom is -0.444 e. The molecule has 2 unspecified atom stereocenters. The van der Waals surface area contributed by atoms with Crippen molar-refractivity contribution in [1.82, 2.24) is 15.1 Å². The van der Waals surface area contributed by atoms with E-state index in [2.05, 4.69) is 5.32 Å². The minimum absolute atomic E-state index is 0.0248. The summed E-state index contributed by atoms with van der Waals surface area (Å²) < 4.78 is 5.44. The molecule has 1 N–H and O–H groups in total. The van der Waals surface area contributed by atoms with Gasteiger partial charge in [-0.3, -0.25) is 4.79 Å². The second-order valence-corrected chi connectivity index (χ2v) is 8.92. The Morgan fingerprint density at radius 2 is 2.00 bits per heavy atom. The molecule has 0 saturated carbocycles. The number of benzene rings is 1.